The van der Waals surface area contributed by atoms with Gasteiger partial charge in [-0.3, -0.25) is 4.79 Å². The third-order valence-corrected chi connectivity index (χ3v) is 6.39. The molecule has 3 aromatic rings. The molecule has 3 rings (SSSR count). The van der Waals surface area contributed by atoms with Crippen LogP contribution < -0.4 is 5.32 Å². The zero-order valence-corrected chi connectivity index (χ0v) is 16.9. The summed E-state index contributed by atoms with van der Waals surface area (Å²) in [6, 6.07) is 13.7. The Hall–Kier alpha value is -2.30. The fourth-order valence-electron chi connectivity index (χ4n) is 3.07. The Labute approximate surface area is 169 Å². The largest absolute Gasteiger partial charge is 0.352 e. The zero-order chi connectivity index (χ0) is 19.1. The Morgan fingerprint density at radius 3 is 2.67 bits per heavy atom. The van der Waals surface area contributed by atoms with Crippen LogP contribution in [0.2, 0.25) is 0 Å². The van der Waals surface area contributed by atoms with Crippen molar-refractivity contribution in [2.45, 2.75) is 17.7 Å². The average Bonchev–Trinajstić information content (AvgIpc) is 3.11. The molecule has 0 aliphatic heterocycles. The first-order chi connectivity index (χ1) is 13.2. The lowest BCUT2D eigenvalue weighted by Gasteiger charge is -2.11. The first-order valence-electron chi connectivity index (χ1n) is 8.94. The summed E-state index contributed by atoms with van der Waals surface area (Å²) >= 11 is 3.57. The van der Waals surface area contributed by atoms with E-state index in [9.17, 15) is 4.79 Å². The molecule has 0 fully saturated rings. The van der Waals surface area contributed by atoms with Gasteiger partial charge in [0.25, 0.3) is 5.91 Å². The first kappa shape index (κ1) is 19.5. The standard InChI is InChI=1S/C23H23NOS2/c1-3-8-19-20(26-15-4-2)11-12-21-22(19)18(16-27-21)13-14-24-23(25)17-9-6-5-7-10-17/h3-7,9-12,16H,1-2,8,13-15H2,(H,24,25). The lowest BCUT2D eigenvalue weighted by Crippen LogP contribution is -2.25. The summed E-state index contributed by atoms with van der Waals surface area (Å²) in [5.41, 5.74) is 3.32. The highest BCUT2D eigenvalue weighted by Gasteiger charge is 2.13. The molecule has 0 aliphatic carbocycles. The molecule has 2 nitrogen and oxygen atoms in total. The van der Waals surface area contributed by atoms with Crippen LogP contribution in [0.5, 0.6) is 0 Å². The van der Waals surface area contributed by atoms with Gasteiger partial charge in [0.15, 0.2) is 0 Å². The van der Waals surface area contributed by atoms with Crippen LogP contribution in [0.3, 0.4) is 0 Å². The Kier molecular flexibility index (Phi) is 6.91. The van der Waals surface area contributed by atoms with E-state index in [-0.39, 0.29) is 5.91 Å². The van der Waals surface area contributed by atoms with Crippen molar-refractivity contribution in [2.24, 2.45) is 0 Å². The van der Waals surface area contributed by atoms with Crippen molar-refractivity contribution in [3.63, 3.8) is 0 Å². The monoisotopic (exact) mass is 393 g/mol. The highest BCUT2D eigenvalue weighted by atomic mass is 32.2. The van der Waals surface area contributed by atoms with Crippen LogP contribution in [0.25, 0.3) is 10.1 Å². The number of carbonyl (C=O) groups excluding carboxylic acids is 1. The summed E-state index contributed by atoms with van der Waals surface area (Å²) < 4.78 is 1.29. The van der Waals surface area contributed by atoms with Gasteiger partial charge in [-0.1, -0.05) is 30.4 Å². The second kappa shape index (κ2) is 9.58. The predicted octanol–water partition coefficient (Wildman–Crippen LogP) is 5.88. The Balaban J connectivity index is 1.78. The van der Waals surface area contributed by atoms with Crippen LogP contribution in [0.15, 0.2) is 78.1 Å². The maximum atomic E-state index is 12.2. The van der Waals surface area contributed by atoms with Gasteiger partial charge < -0.3 is 5.32 Å². The van der Waals surface area contributed by atoms with E-state index in [1.807, 2.05) is 54.2 Å². The minimum Gasteiger partial charge on any atom is -0.352 e. The number of hydrogen-bond donors (Lipinski definition) is 1. The molecular weight excluding hydrogens is 370 g/mol. The molecule has 27 heavy (non-hydrogen) atoms. The van der Waals surface area contributed by atoms with Crippen LogP contribution in [-0.4, -0.2) is 18.2 Å². The van der Waals surface area contributed by atoms with Crippen molar-refractivity contribution >= 4 is 39.1 Å². The Bertz CT molecular complexity index is 944. The molecule has 138 valence electrons. The van der Waals surface area contributed by atoms with Gasteiger partial charge in [0.1, 0.15) is 0 Å². The van der Waals surface area contributed by atoms with Crippen LogP contribution in [0.4, 0.5) is 0 Å². The molecule has 1 amide bonds. The fourth-order valence-corrected chi connectivity index (χ4v) is 4.91. The number of benzene rings is 2. The molecular formula is C23H23NOS2. The average molecular weight is 394 g/mol. The number of hydrogen-bond acceptors (Lipinski definition) is 3. The topological polar surface area (TPSA) is 29.1 Å². The van der Waals surface area contributed by atoms with E-state index in [4.69, 9.17) is 0 Å². The lowest BCUT2D eigenvalue weighted by molar-refractivity contribution is 0.0954. The Morgan fingerprint density at radius 2 is 1.93 bits per heavy atom. The number of thiophene rings is 1. The van der Waals surface area contributed by atoms with Gasteiger partial charge in [-0.2, -0.15) is 0 Å². The van der Waals surface area contributed by atoms with Gasteiger partial charge in [0, 0.05) is 32.8 Å². The van der Waals surface area contributed by atoms with Gasteiger partial charge in [0.05, 0.1) is 0 Å². The van der Waals surface area contributed by atoms with Crippen LogP contribution >= 0.6 is 23.1 Å². The molecule has 0 saturated carbocycles. The van der Waals surface area contributed by atoms with E-state index in [1.165, 1.54) is 26.1 Å². The fraction of sp³-hybridized carbons (Fsp3) is 0.174. The Morgan fingerprint density at radius 1 is 1.11 bits per heavy atom. The van der Waals surface area contributed by atoms with Gasteiger partial charge >= 0.3 is 0 Å². The van der Waals surface area contributed by atoms with Gasteiger partial charge in [-0.25, -0.2) is 0 Å². The smallest absolute Gasteiger partial charge is 0.251 e. The molecule has 0 spiro atoms. The second-order valence-electron chi connectivity index (χ2n) is 6.14. The number of rotatable bonds is 9. The normalized spacial score (nSPS) is 10.7. The van der Waals surface area contributed by atoms with E-state index in [0.717, 1.165) is 18.6 Å². The number of carbonyl (C=O) groups is 1. The molecule has 0 radical (unpaired) electrons. The molecule has 0 bridgehead atoms. The molecule has 0 unspecified atom stereocenters. The van der Waals surface area contributed by atoms with Gasteiger partial charge in [0.2, 0.25) is 0 Å². The molecule has 1 N–H and O–H groups in total. The molecule has 2 aromatic carbocycles. The van der Waals surface area contributed by atoms with Crippen molar-refractivity contribution in [1.29, 1.82) is 0 Å². The zero-order valence-electron chi connectivity index (χ0n) is 15.2. The lowest BCUT2D eigenvalue weighted by atomic mass is 10.0. The van der Waals surface area contributed by atoms with Crippen molar-refractivity contribution in [3.8, 4) is 0 Å². The molecule has 1 aromatic heterocycles. The predicted molar refractivity (Wildman–Crippen MR) is 119 cm³/mol. The first-order valence-corrected chi connectivity index (χ1v) is 10.8. The minimum absolute atomic E-state index is 0.0244. The van der Waals surface area contributed by atoms with Crippen molar-refractivity contribution in [2.75, 3.05) is 12.3 Å². The molecule has 0 saturated heterocycles. The van der Waals surface area contributed by atoms with Crippen LogP contribution in [0, 0.1) is 0 Å². The summed E-state index contributed by atoms with van der Waals surface area (Å²) in [5.74, 6) is 0.867. The number of fused-ring (bicyclic) bond motifs is 1. The van der Waals surface area contributed by atoms with E-state index in [1.54, 1.807) is 11.3 Å². The molecule has 0 atom stereocenters. The molecule has 4 heteroatoms. The van der Waals surface area contributed by atoms with E-state index in [2.05, 4.69) is 36.0 Å². The van der Waals surface area contributed by atoms with Crippen molar-refractivity contribution in [1.82, 2.24) is 5.32 Å². The van der Waals surface area contributed by atoms with E-state index >= 15 is 0 Å². The van der Waals surface area contributed by atoms with Crippen LogP contribution in [-0.2, 0) is 12.8 Å². The highest BCUT2D eigenvalue weighted by molar-refractivity contribution is 7.99. The number of amides is 1. The maximum absolute atomic E-state index is 12.2. The van der Waals surface area contributed by atoms with E-state index < -0.39 is 0 Å². The third-order valence-electron chi connectivity index (χ3n) is 4.30. The maximum Gasteiger partial charge on any atom is 0.251 e. The third kappa shape index (κ3) is 4.71. The summed E-state index contributed by atoms with van der Waals surface area (Å²) in [7, 11) is 0. The van der Waals surface area contributed by atoms with Gasteiger partial charge in [-0.15, -0.1) is 36.3 Å². The highest BCUT2D eigenvalue weighted by Crippen LogP contribution is 2.36. The number of allylic oxidation sites excluding steroid dienone is 1. The number of nitrogens with one attached hydrogen (secondary N) is 1. The minimum atomic E-state index is -0.0244. The quantitative estimate of drug-likeness (QED) is 0.363. The summed E-state index contributed by atoms with van der Waals surface area (Å²) in [6.45, 7) is 8.38. The SMILES string of the molecule is C=CCSc1ccc2scc(CCNC(=O)c3ccccc3)c2c1CC=C. The van der Waals surface area contributed by atoms with E-state index in [0.29, 0.717) is 12.1 Å². The molecule has 0 aliphatic rings. The van der Waals surface area contributed by atoms with Crippen molar-refractivity contribution in [3.05, 3.63) is 89.8 Å². The van der Waals surface area contributed by atoms with Crippen LogP contribution in [0.1, 0.15) is 21.5 Å². The van der Waals surface area contributed by atoms with Crippen molar-refractivity contribution < 1.29 is 4.79 Å². The van der Waals surface area contributed by atoms with Gasteiger partial charge in [-0.05, 0) is 53.6 Å². The summed E-state index contributed by atoms with van der Waals surface area (Å²) in [5, 5.41) is 6.57. The molecule has 1 heterocycles. The summed E-state index contributed by atoms with van der Waals surface area (Å²) in [4.78, 5) is 13.5. The summed E-state index contributed by atoms with van der Waals surface area (Å²) in [6.07, 6.45) is 5.56. The number of thioether (sulfide) groups is 1. The second-order valence-corrected chi connectivity index (χ2v) is 8.11.